The summed E-state index contributed by atoms with van der Waals surface area (Å²) >= 11 is 3.17. The molecule has 0 unspecified atom stereocenters. The molecule has 4 nitrogen and oxygen atoms in total. The summed E-state index contributed by atoms with van der Waals surface area (Å²) in [5, 5.41) is 22.7. The average molecular weight is 342 g/mol. The van der Waals surface area contributed by atoms with E-state index < -0.39 is 5.60 Å². The average Bonchev–Trinajstić information content (AvgIpc) is 2.43. The van der Waals surface area contributed by atoms with E-state index in [-0.39, 0.29) is 18.2 Å². The quantitative estimate of drug-likeness (QED) is 0.791. The first-order valence-electron chi connectivity index (χ1n) is 6.89. The van der Waals surface area contributed by atoms with Crippen LogP contribution in [0.15, 0.2) is 22.7 Å². The molecule has 0 heterocycles. The summed E-state index contributed by atoms with van der Waals surface area (Å²) < 4.78 is 0.550. The molecule has 1 aromatic carbocycles. The molecular formula is C15H20BrNO3. The molecule has 20 heavy (non-hydrogen) atoms. The number of phenols is 1. The Morgan fingerprint density at radius 3 is 2.70 bits per heavy atom. The molecule has 110 valence electrons. The molecule has 0 radical (unpaired) electrons. The van der Waals surface area contributed by atoms with Gasteiger partial charge in [0.05, 0.1) is 10.1 Å². The number of amides is 1. The van der Waals surface area contributed by atoms with Gasteiger partial charge in [0.2, 0.25) is 0 Å². The number of carbonyl (C=O) groups is 1. The third kappa shape index (κ3) is 3.73. The predicted molar refractivity (Wildman–Crippen MR) is 80.7 cm³/mol. The fraction of sp³-hybridized carbons (Fsp3) is 0.533. The van der Waals surface area contributed by atoms with Crippen molar-refractivity contribution in [2.45, 2.75) is 38.2 Å². The Balaban J connectivity index is 1.93. The van der Waals surface area contributed by atoms with Crippen molar-refractivity contribution in [2.24, 2.45) is 5.92 Å². The van der Waals surface area contributed by atoms with E-state index in [4.69, 9.17) is 0 Å². The van der Waals surface area contributed by atoms with E-state index in [1.165, 1.54) is 6.07 Å². The number of benzene rings is 1. The lowest BCUT2D eigenvalue weighted by molar-refractivity contribution is -0.00539. The van der Waals surface area contributed by atoms with Crippen LogP contribution in [-0.4, -0.2) is 28.3 Å². The minimum atomic E-state index is -0.792. The summed E-state index contributed by atoms with van der Waals surface area (Å²) in [6.07, 6.45) is 3.43. The van der Waals surface area contributed by atoms with Gasteiger partial charge in [0.1, 0.15) is 5.75 Å². The van der Waals surface area contributed by atoms with Gasteiger partial charge in [-0.15, -0.1) is 0 Å². The first-order chi connectivity index (χ1) is 9.39. The van der Waals surface area contributed by atoms with Crippen molar-refractivity contribution < 1.29 is 15.0 Å². The molecule has 0 saturated heterocycles. The lowest BCUT2D eigenvalue weighted by Gasteiger charge is -2.34. The summed E-state index contributed by atoms with van der Waals surface area (Å²) in [7, 11) is 0. The maximum atomic E-state index is 12.0. The SMILES string of the molecule is CC1CCC(O)(CNC(=O)c2ccc(Br)c(O)c2)CC1. The molecule has 1 aliphatic rings. The molecule has 1 fully saturated rings. The molecule has 1 amide bonds. The Hall–Kier alpha value is -1.07. The van der Waals surface area contributed by atoms with E-state index in [0.717, 1.165) is 25.7 Å². The van der Waals surface area contributed by atoms with Gasteiger partial charge in [0.15, 0.2) is 0 Å². The Kier molecular flexibility index (Phi) is 4.70. The molecule has 1 aromatic rings. The zero-order chi connectivity index (χ0) is 14.8. The molecule has 0 bridgehead atoms. The van der Waals surface area contributed by atoms with E-state index in [1.54, 1.807) is 12.1 Å². The van der Waals surface area contributed by atoms with E-state index in [2.05, 4.69) is 28.2 Å². The minimum Gasteiger partial charge on any atom is -0.507 e. The predicted octanol–water partition coefficient (Wildman–Crippen LogP) is 2.83. The highest BCUT2D eigenvalue weighted by molar-refractivity contribution is 9.10. The van der Waals surface area contributed by atoms with Crippen molar-refractivity contribution >= 4 is 21.8 Å². The summed E-state index contributed by atoms with van der Waals surface area (Å²) in [6.45, 7) is 2.44. The standard InChI is InChI=1S/C15H20BrNO3/c1-10-4-6-15(20,7-5-10)9-17-14(19)11-2-3-12(16)13(18)8-11/h2-3,8,10,18,20H,4-7,9H2,1H3,(H,17,19). The molecule has 0 atom stereocenters. The monoisotopic (exact) mass is 341 g/mol. The summed E-state index contributed by atoms with van der Waals surface area (Å²) in [5.41, 5.74) is -0.405. The third-order valence-corrected chi connectivity index (χ3v) is 4.66. The third-order valence-electron chi connectivity index (χ3n) is 3.99. The van der Waals surface area contributed by atoms with Crippen LogP contribution in [0.4, 0.5) is 0 Å². The van der Waals surface area contributed by atoms with Gasteiger partial charge in [-0.3, -0.25) is 4.79 Å². The van der Waals surface area contributed by atoms with Crippen molar-refractivity contribution in [2.75, 3.05) is 6.54 Å². The Morgan fingerprint density at radius 1 is 1.45 bits per heavy atom. The zero-order valence-electron chi connectivity index (χ0n) is 11.5. The Bertz CT molecular complexity index is 496. The van der Waals surface area contributed by atoms with E-state index in [9.17, 15) is 15.0 Å². The zero-order valence-corrected chi connectivity index (χ0v) is 13.1. The van der Waals surface area contributed by atoms with Gasteiger partial charge in [-0.05, 0) is 65.7 Å². The van der Waals surface area contributed by atoms with Crippen molar-refractivity contribution in [1.29, 1.82) is 0 Å². The molecule has 2 rings (SSSR count). The van der Waals surface area contributed by atoms with Crippen LogP contribution < -0.4 is 5.32 Å². The van der Waals surface area contributed by atoms with Crippen LogP contribution in [0, 0.1) is 5.92 Å². The van der Waals surface area contributed by atoms with Gasteiger partial charge in [0.25, 0.3) is 5.91 Å². The van der Waals surface area contributed by atoms with Crippen LogP contribution in [0.25, 0.3) is 0 Å². The number of nitrogens with one attached hydrogen (secondary N) is 1. The number of hydrogen-bond acceptors (Lipinski definition) is 3. The number of phenolic OH excluding ortho intramolecular Hbond substituents is 1. The molecule has 5 heteroatoms. The van der Waals surface area contributed by atoms with Crippen molar-refractivity contribution in [3.05, 3.63) is 28.2 Å². The van der Waals surface area contributed by atoms with Gasteiger partial charge in [-0.25, -0.2) is 0 Å². The van der Waals surface area contributed by atoms with Crippen molar-refractivity contribution in [1.82, 2.24) is 5.32 Å². The van der Waals surface area contributed by atoms with Gasteiger partial charge < -0.3 is 15.5 Å². The molecule has 0 aromatic heterocycles. The smallest absolute Gasteiger partial charge is 0.251 e. The van der Waals surface area contributed by atoms with Gasteiger partial charge in [0, 0.05) is 12.1 Å². The van der Waals surface area contributed by atoms with Gasteiger partial charge in [-0.2, -0.15) is 0 Å². The van der Waals surface area contributed by atoms with E-state index in [0.29, 0.717) is 16.0 Å². The summed E-state index contributed by atoms with van der Waals surface area (Å²) in [6, 6.07) is 4.67. The fourth-order valence-corrected chi connectivity index (χ4v) is 2.72. The largest absolute Gasteiger partial charge is 0.507 e. The number of carbonyl (C=O) groups excluding carboxylic acids is 1. The van der Waals surface area contributed by atoms with E-state index >= 15 is 0 Å². The molecule has 1 saturated carbocycles. The first kappa shape index (κ1) is 15.3. The maximum Gasteiger partial charge on any atom is 0.251 e. The van der Waals surface area contributed by atoms with Crippen molar-refractivity contribution in [3.8, 4) is 5.75 Å². The molecule has 3 N–H and O–H groups in total. The highest BCUT2D eigenvalue weighted by Crippen LogP contribution is 2.31. The number of aromatic hydroxyl groups is 1. The molecule has 0 spiro atoms. The summed E-state index contributed by atoms with van der Waals surface area (Å²) in [4.78, 5) is 12.0. The number of hydrogen-bond donors (Lipinski definition) is 3. The Morgan fingerprint density at radius 2 is 2.10 bits per heavy atom. The van der Waals surface area contributed by atoms with E-state index in [1.807, 2.05) is 0 Å². The topological polar surface area (TPSA) is 69.6 Å². The van der Waals surface area contributed by atoms with Gasteiger partial charge >= 0.3 is 0 Å². The molecule has 0 aliphatic heterocycles. The first-order valence-corrected chi connectivity index (χ1v) is 7.68. The number of aliphatic hydroxyl groups is 1. The lowest BCUT2D eigenvalue weighted by Crippen LogP contribution is -2.45. The van der Waals surface area contributed by atoms with Crippen LogP contribution in [-0.2, 0) is 0 Å². The molecular weight excluding hydrogens is 322 g/mol. The molecule has 1 aliphatic carbocycles. The summed E-state index contributed by atoms with van der Waals surface area (Å²) in [5.74, 6) is 0.400. The van der Waals surface area contributed by atoms with Crippen LogP contribution >= 0.6 is 15.9 Å². The van der Waals surface area contributed by atoms with Crippen molar-refractivity contribution in [3.63, 3.8) is 0 Å². The normalized spacial score (nSPS) is 26.2. The fourth-order valence-electron chi connectivity index (χ4n) is 2.48. The maximum absolute atomic E-state index is 12.0. The number of rotatable bonds is 3. The van der Waals surface area contributed by atoms with Crippen LogP contribution in [0.2, 0.25) is 0 Å². The van der Waals surface area contributed by atoms with Crippen LogP contribution in [0.1, 0.15) is 43.0 Å². The van der Waals surface area contributed by atoms with Crippen LogP contribution in [0.3, 0.4) is 0 Å². The van der Waals surface area contributed by atoms with Gasteiger partial charge in [-0.1, -0.05) is 6.92 Å². The minimum absolute atomic E-state index is 0.0304. The number of halogens is 1. The Labute approximate surface area is 127 Å². The second-order valence-electron chi connectivity index (χ2n) is 5.76. The highest BCUT2D eigenvalue weighted by atomic mass is 79.9. The lowest BCUT2D eigenvalue weighted by atomic mass is 9.79. The second-order valence-corrected chi connectivity index (χ2v) is 6.61. The van der Waals surface area contributed by atoms with Crippen LogP contribution in [0.5, 0.6) is 5.75 Å². The highest BCUT2D eigenvalue weighted by Gasteiger charge is 2.32. The second kappa shape index (κ2) is 6.14.